The van der Waals surface area contributed by atoms with E-state index in [-0.39, 0.29) is 0 Å². The molecule has 0 aliphatic carbocycles. The monoisotopic (exact) mass is 266 g/mol. The Morgan fingerprint density at radius 3 is 2.78 bits per heavy atom. The molecule has 0 aliphatic rings. The van der Waals surface area contributed by atoms with Gasteiger partial charge in [0.15, 0.2) is 11.5 Å². The Hall–Kier alpha value is -1.89. The van der Waals surface area contributed by atoms with Gasteiger partial charge in [0.2, 0.25) is 11.1 Å². The number of nitrogens with one attached hydrogen (secondary N) is 1. The van der Waals surface area contributed by atoms with Crippen LogP contribution >= 0.6 is 11.8 Å². The number of ether oxygens (including phenoxy) is 2. The fraction of sp³-hybridized carbons (Fsp3) is 0.273. The van der Waals surface area contributed by atoms with Crippen LogP contribution in [0.4, 0.5) is 5.95 Å². The van der Waals surface area contributed by atoms with Crippen molar-refractivity contribution in [1.82, 2.24) is 15.2 Å². The molecular weight excluding hydrogens is 252 g/mol. The highest BCUT2D eigenvalue weighted by molar-refractivity contribution is 7.99. The molecule has 18 heavy (non-hydrogen) atoms. The van der Waals surface area contributed by atoms with Crippen molar-refractivity contribution in [2.45, 2.75) is 5.16 Å². The summed E-state index contributed by atoms with van der Waals surface area (Å²) in [6.45, 7) is 0.541. The van der Waals surface area contributed by atoms with Gasteiger partial charge in [0.25, 0.3) is 0 Å². The minimum atomic E-state index is 0.322. The van der Waals surface area contributed by atoms with E-state index in [2.05, 4.69) is 15.2 Å². The van der Waals surface area contributed by atoms with Gasteiger partial charge >= 0.3 is 0 Å². The highest BCUT2D eigenvalue weighted by Crippen LogP contribution is 2.26. The van der Waals surface area contributed by atoms with E-state index >= 15 is 0 Å². The zero-order valence-electron chi connectivity index (χ0n) is 9.92. The van der Waals surface area contributed by atoms with E-state index in [0.29, 0.717) is 17.7 Å². The maximum Gasteiger partial charge on any atom is 0.216 e. The van der Waals surface area contributed by atoms with Crippen LogP contribution in [0, 0.1) is 0 Å². The predicted octanol–water partition coefficient (Wildman–Crippen LogP) is 1.57. The first-order valence-electron chi connectivity index (χ1n) is 5.36. The highest BCUT2D eigenvalue weighted by Gasteiger charge is 2.04. The van der Waals surface area contributed by atoms with Gasteiger partial charge in [-0.15, -0.1) is 5.10 Å². The number of methoxy groups -OCH3 is 1. The van der Waals surface area contributed by atoms with Crippen LogP contribution in [0.5, 0.6) is 11.5 Å². The number of benzene rings is 1. The number of H-pyrrole nitrogens is 1. The summed E-state index contributed by atoms with van der Waals surface area (Å²) in [5.41, 5.74) is 5.42. The molecule has 0 bridgehead atoms. The van der Waals surface area contributed by atoms with Crippen molar-refractivity contribution in [3.05, 3.63) is 24.3 Å². The van der Waals surface area contributed by atoms with Crippen LogP contribution in [-0.2, 0) is 0 Å². The molecule has 3 N–H and O–H groups in total. The van der Waals surface area contributed by atoms with Gasteiger partial charge in [0.1, 0.15) is 0 Å². The number of rotatable bonds is 6. The van der Waals surface area contributed by atoms with Gasteiger partial charge in [0, 0.05) is 5.75 Å². The molecule has 7 heteroatoms. The second kappa shape index (κ2) is 6.15. The summed E-state index contributed by atoms with van der Waals surface area (Å²) in [5, 5.41) is 7.12. The first-order chi connectivity index (χ1) is 8.79. The molecule has 0 amide bonds. The van der Waals surface area contributed by atoms with Crippen LogP contribution in [-0.4, -0.2) is 34.7 Å². The van der Waals surface area contributed by atoms with Crippen LogP contribution in [0.25, 0.3) is 0 Å². The Morgan fingerprint density at radius 1 is 1.33 bits per heavy atom. The normalized spacial score (nSPS) is 10.3. The highest BCUT2D eigenvalue weighted by atomic mass is 32.2. The van der Waals surface area contributed by atoms with Gasteiger partial charge in [-0.2, -0.15) is 4.98 Å². The largest absolute Gasteiger partial charge is 0.493 e. The van der Waals surface area contributed by atoms with Gasteiger partial charge in [-0.25, -0.2) is 5.10 Å². The Labute approximate surface area is 109 Å². The standard InChI is InChI=1S/C11H14N4O2S/c1-16-8-4-2-3-5-9(8)17-6-7-18-11-13-10(12)14-15-11/h2-5H,6-7H2,1H3,(H3,12,13,14,15). The van der Waals surface area contributed by atoms with Gasteiger partial charge in [-0.1, -0.05) is 23.9 Å². The number of aromatic amines is 1. The number of thioether (sulfide) groups is 1. The number of nitrogens with zero attached hydrogens (tertiary/aromatic N) is 2. The summed E-state index contributed by atoms with van der Waals surface area (Å²) in [6.07, 6.45) is 0. The number of para-hydroxylation sites is 2. The second-order valence-corrected chi connectivity index (χ2v) is 4.41. The number of hydrogen-bond acceptors (Lipinski definition) is 6. The third kappa shape index (κ3) is 3.30. The summed E-state index contributed by atoms with van der Waals surface area (Å²) in [5.74, 6) is 2.51. The smallest absolute Gasteiger partial charge is 0.216 e. The topological polar surface area (TPSA) is 86.0 Å². The van der Waals surface area contributed by atoms with Crippen molar-refractivity contribution in [3.8, 4) is 11.5 Å². The van der Waals surface area contributed by atoms with E-state index in [1.165, 1.54) is 11.8 Å². The Morgan fingerprint density at radius 2 is 2.11 bits per heavy atom. The second-order valence-electron chi connectivity index (χ2n) is 3.35. The molecule has 96 valence electrons. The van der Waals surface area contributed by atoms with Crippen molar-refractivity contribution in [2.75, 3.05) is 25.2 Å². The third-order valence-corrected chi connectivity index (χ3v) is 2.93. The minimum Gasteiger partial charge on any atom is -0.493 e. The maximum absolute atomic E-state index is 5.61. The number of nitrogen functional groups attached to an aromatic ring is 1. The number of anilines is 1. The first kappa shape index (κ1) is 12.6. The molecule has 6 nitrogen and oxygen atoms in total. The summed E-state index contributed by atoms with van der Waals surface area (Å²) in [6, 6.07) is 7.53. The molecular formula is C11H14N4O2S. The zero-order valence-corrected chi connectivity index (χ0v) is 10.7. The molecule has 0 atom stereocenters. The molecule has 0 saturated heterocycles. The van der Waals surface area contributed by atoms with Crippen LogP contribution in [0.2, 0.25) is 0 Å². The van der Waals surface area contributed by atoms with Crippen molar-refractivity contribution in [3.63, 3.8) is 0 Å². The Bertz CT molecular complexity index is 503. The van der Waals surface area contributed by atoms with Gasteiger partial charge in [0.05, 0.1) is 13.7 Å². The minimum absolute atomic E-state index is 0.322. The molecule has 0 aliphatic heterocycles. The van der Waals surface area contributed by atoms with E-state index in [1.54, 1.807) is 7.11 Å². The first-order valence-corrected chi connectivity index (χ1v) is 6.34. The average Bonchev–Trinajstić information content (AvgIpc) is 2.81. The Balaban J connectivity index is 1.78. The molecule has 1 aromatic carbocycles. The zero-order chi connectivity index (χ0) is 12.8. The van der Waals surface area contributed by atoms with Crippen LogP contribution in [0.1, 0.15) is 0 Å². The fourth-order valence-corrected chi connectivity index (χ4v) is 1.97. The molecule has 1 heterocycles. The lowest BCUT2D eigenvalue weighted by Crippen LogP contribution is -2.01. The van der Waals surface area contributed by atoms with E-state index in [9.17, 15) is 0 Å². The van der Waals surface area contributed by atoms with Crippen LogP contribution in [0.3, 0.4) is 0 Å². The van der Waals surface area contributed by atoms with E-state index in [1.807, 2.05) is 24.3 Å². The molecule has 0 saturated carbocycles. The van der Waals surface area contributed by atoms with E-state index < -0.39 is 0 Å². The fourth-order valence-electron chi connectivity index (χ4n) is 1.35. The molecule has 1 aromatic heterocycles. The van der Waals surface area contributed by atoms with Crippen molar-refractivity contribution >= 4 is 17.7 Å². The van der Waals surface area contributed by atoms with Crippen LogP contribution < -0.4 is 15.2 Å². The van der Waals surface area contributed by atoms with E-state index in [4.69, 9.17) is 15.2 Å². The van der Waals surface area contributed by atoms with Crippen molar-refractivity contribution < 1.29 is 9.47 Å². The molecule has 0 radical (unpaired) electrons. The van der Waals surface area contributed by atoms with Crippen molar-refractivity contribution in [1.29, 1.82) is 0 Å². The van der Waals surface area contributed by atoms with Gasteiger partial charge in [-0.3, -0.25) is 0 Å². The average molecular weight is 266 g/mol. The quantitative estimate of drug-likeness (QED) is 0.609. The molecule has 0 spiro atoms. The lowest BCUT2D eigenvalue weighted by molar-refractivity contribution is 0.313. The van der Waals surface area contributed by atoms with Gasteiger partial charge < -0.3 is 15.2 Å². The number of aromatic nitrogens is 3. The van der Waals surface area contributed by atoms with Gasteiger partial charge in [-0.05, 0) is 12.1 Å². The third-order valence-electron chi connectivity index (χ3n) is 2.12. The Kier molecular flexibility index (Phi) is 4.30. The SMILES string of the molecule is COc1ccccc1OCCSc1n[nH]c(N)n1. The summed E-state index contributed by atoms with van der Waals surface area (Å²) in [7, 11) is 1.62. The van der Waals surface area contributed by atoms with Crippen LogP contribution in [0.15, 0.2) is 29.4 Å². The summed E-state index contributed by atoms with van der Waals surface area (Å²) >= 11 is 1.47. The molecule has 2 rings (SSSR count). The maximum atomic E-state index is 5.61. The molecule has 0 unspecified atom stereocenters. The lowest BCUT2D eigenvalue weighted by atomic mass is 10.3. The number of nitrogens with two attached hydrogens (primary N) is 1. The molecule has 2 aromatic rings. The summed E-state index contributed by atoms with van der Waals surface area (Å²) < 4.78 is 10.8. The lowest BCUT2D eigenvalue weighted by Gasteiger charge is -2.09. The van der Waals surface area contributed by atoms with E-state index in [0.717, 1.165) is 17.3 Å². The predicted molar refractivity (Wildman–Crippen MR) is 70.0 cm³/mol. The number of hydrogen-bond donors (Lipinski definition) is 2. The summed E-state index contributed by atoms with van der Waals surface area (Å²) in [4.78, 5) is 3.98. The van der Waals surface area contributed by atoms with Crippen molar-refractivity contribution in [2.24, 2.45) is 0 Å². The molecule has 0 fully saturated rings.